The third-order valence-corrected chi connectivity index (χ3v) is 5.03. The third-order valence-electron chi connectivity index (χ3n) is 5.03. The number of ether oxygens (including phenoxy) is 1. The van der Waals surface area contributed by atoms with Crippen LogP contribution in [0.25, 0.3) is 11.1 Å². The molecule has 1 amide bonds. The Labute approximate surface area is 175 Å². The fourth-order valence-electron chi connectivity index (χ4n) is 3.53. The lowest BCUT2D eigenvalue weighted by Gasteiger charge is -2.09. The van der Waals surface area contributed by atoms with E-state index in [1.165, 1.54) is 4.68 Å². The SMILES string of the molecule is Cn1cc2c(n1)C(=O)CCCOCCCc1cc(ccn1)-c1cccc(c1)C(=O)N2. The highest BCUT2D eigenvalue weighted by atomic mass is 16.5. The van der Waals surface area contributed by atoms with E-state index in [2.05, 4.69) is 21.5 Å². The maximum absolute atomic E-state index is 12.9. The van der Waals surface area contributed by atoms with E-state index in [0.717, 1.165) is 29.7 Å². The second-order valence-electron chi connectivity index (χ2n) is 7.38. The fourth-order valence-corrected chi connectivity index (χ4v) is 3.53. The standard InChI is InChI=1S/C23H24N4O3/c1-27-15-20-22(26-27)21(28)8-4-12-30-11-3-7-19-14-17(9-10-24-19)16-5-2-6-18(13-16)23(29)25-20/h2,5-6,9-10,13-15H,3-4,7-8,11-12H2,1H3,(H,25,29). The number of aryl methyl sites for hydroxylation is 2. The summed E-state index contributed by atoms with van der Waals surface area (Å²) in [7, 11) is 1.73. The molecule has 0 spiro atoms. The molecule has 1 aliphatic rings. The number of ketones is 1. The van der Waals surface area contributed by atoms with E-state index in [1.54, 1.807) is 25.5 Å². The van der Waals surface area contributed by atoms with Crippen molar-refractivity contribution in [3.8, 4) is 11.1 Å². The van der Waals surface area contributed by atoms with Crippen LogP contribution < -0.4 is 5.32 Å². The van der Waals surface area contributed by atoms with Crippen LogP contribution in [-0.4, -0.2) is 39.7 Å². The van der Waals surface area contributed by atoms with Crippen molar-refractivity contribution in [1.29, 1.82) is 0 Å². The highest BCUT2D eigenvalue weighted by Gasteiger charge is 2.19. The average molecular weight is 404 g/mol. The minimum absolute atomic E-state index is 0.108. The largest absolute Gasteiger partial charge is 0.381 e. The normalized spacial score (nSPS) is 15.6. The van der Waals surface area contributed by atoms with Crippen molar-refractivity contribution < 1.29 is 14.3 Å². The maximum Gasteiger partial charge on any atom is 0.255 e. The van der Waals surface area contributed by atoms with Gasteiger partial charge in [-0.25, -0.2) is 0 Å². The van der Waals surface area contributed by atoms with Gasteiger partial charge in [0.05, 0.1) is 5.69 Å². The van der Waals surface area contributed by atoms with E-state index in [0.29, 0.717) is 37.3 Å². The molecule has 1 N–H and O–H groups in total. The van der Waals surface area contributed by atoms with Gasteiger partial charge < -0.3 is 10.1 Å². The van der Waals surface area contributed by atoms with Crippen molar-refractivity contribution in [1.82, 2.24) is 14.8 Å². The molecule has 7 nitrogen and oxygen atoms in total. The maximum atomic E-state index is 12.9. The second kappa shape index (κ2) is 9.00. The van der Waals surface area contributed by atoms with E-state index in [1.807, 2.05) is 24.3 Å². The summed E-state index contributed by atoms with van der Waals surface area (Å²) in [6.45, 7) is 1.14. The summed E-state index contributed by atoms with van der Waals surface area (Å²) in [4.78, 5) is 29.9. The molecular formula is C23H24N4O3. The van der Waals surface area contributed by atoms with E-state index >= 15 is 0 Å². The molecule has 2 aromatic heterocycles. The number of aromatic nitrogens is 3. The van der Waals surface area contributed by atoms with Crippen molar-refractivity contribution >= 4 is 17.4 Å². The minimum Gasteiger partial charge on any atom is -0.381 e. The van der Waals surface area contributed by atoms with Gasteiger partial charge in [-0.2, -0.15) is 5.10 Å². The summed E-state index contributed by atoms with van der Waals surface area (Å²) in [5, 5.41) is 7.09. The molecule has 1 aromatic carbocycles. The molecule has 0 saturated heterocycles. The first kappa shape index (κ1) is 20.0. The Hall–Kier alpha value is -3.32. The summed E-state index contributed by atoms with van der Waals surface area (Å²) in [5.74, 6) is -0.388. The molecule has 154 valence electrons. The Morgan fingerprint density at radius 3 is 2.63 bits per heavy atom. The van der Waals surface area contributed by atoms with Gasteiger partial charge in [0.1, 0.15) is 0 Å². The number of carbonyl (C=O) groups excluding carboxylic acids is 2. The van der Waals surface area contributed by atoms with Crippen LogP contribution >= 0.6 is 0 Å². The Bertz CT molecular complexity index is 1070. The van der Waals surface area contributed by atoms with Gasteiger partial charge in [-0.1, -0.05) is 12.1 Å². The molecule has 0 fully saturated rings. The lowest BCUT2D eigenvalue weighted by molar-refractivity contribution is 0.0931. The minimum atomic E-state index is -0.280. The molecular weight excluding hydrogens is 380 g/mol. The summed E-state index contributed by atoms with van der Waals surface area (Å²) in [6.07, 6.45) is 6.04. The molecule has 30 heavy (non-hydrogen) atoms. The van der Waals surface area contributed by atoms with Crippen molar-refractivity contribution in [2.24, 2.45) is 7.05 Å². The van der Waals surface area contributed by atoms with Crippen molar-refractivity contribution in [3.05, 3.63) is 65.7 Å². The molecule has 4 rings (SSSR count). The third kappa shape index (κ3) is 4.63. The van der Waals surface area contributed by atoms with Gasteiger partial charge in [-0.15, -0.1) is 0 Å². The van der Waals surface area contributed by atoms with Crippen molar-refractivity contribution in [3.63, 3.8) is 0 Å². The van der Waals surface area contributed by atoms with Crippen molar-refractivity contribution in [2.45, 2.75) is 25.7 Å². The zero-order valence-corrected chi connectivity index (χ0v) is 16.9. The Morgan fingerprint density at radius 2 is 1.77 bits per heavy atom. The number of amides is 1. The second-order valence-corrected chi connectivity index (χ2v) is 7.38. The number of rotatable bonds is 0. The van der Waals surface area contributed by atoms with E-state index in [-0.39, 0.29) is 17.4 Å². The number of carbonyl (C=O) groups is 2. The molecule has 7 heteroatoms. The van der Waals surface area contributed by atoms with Gasteiger partial charge in [-0.3, -0.25) is 19.3 Å². The first-order chi connectivity index (χ1) is 14.6. The van der Waals surface area contributed by atoms with Crippen LogP contribution in [0.4, 0.5) is 5.69 Å². The van der Waals surface area contributed by atoms with Gasteiger partial charge in [0.2, 0.25) is 0 Å². The highest BCUT2D eigenvalue weighted by Crippen LogP contribution is 2.23. The number of fused-ring (bicyclic) bond motifs is 6. The number of nitrogens with zero attached hydrogens (tertiary/aromatic N) is 3. The average Bonchev–Trinajstić information content (AvgIpc) is 3.12. The van der Waals surface area contributed by atoms with Gasteiger partial charge in [0, 0.05) is 50.3 Å². The fraction of sp³-hybridized carbons (Fsp3) is 0.304. The van der Waals surface area contributed by atoms with Gasteiger partial charge in [0.15, 0.2) is 11.5 Å². The van der Waals surface area contributed by atoms with E-state index < -0.39 is 0 Å². The first-order valence-corrected chi connectivity index (χ1v) is 10.1. The van der Waals surface area contributed by atoms with Crippen LogP contribution in [0, 0.1) is 0 Å². The number of pyridine rings is 1. The highest BCUT2D eigenvalue weighted by molar-refractivity contribution is 6.09. The van der Waals surface area contributed by atoms with Gasteiger partial charge >= 0.3 is 0 Å². The quantitative estimate of drug-likeness (QED) is 0.618. The monoisotopic (exact) mass is 404 g/mol. The molecule has 0 atom stereocenters. The lowest BCUT2D eigenvalue weighted by atomic mass is 10.0. The van der Waals surface area contributed by atoms with Crippen LogP contribution in [0.1, 0.15) is 45.8 Å². The summed E-state index contributed by atoms with van der Waals surface area (Å²) in [5.41, 5.74) is 4.15. The summed E-state index contributed by atoms with van der Waals surface area (Å²) < 4.78 is 7.21. The predicted molar refractivity (Wildman–Crippen MR) is 114 cm³/mol. The van der Waals surface area contributed by atoms with Crippen molar-refractivity contribution in [2.75, 3.05) is 18.5 Å². The lowest BCUT2D eigenvalue weighted by Crippen LogP contribution is -2.14. The number of benzene rings is 1. The molecule has 3 aromatic rings. The first-order valence-electron chi connectivity index (χ1n) is 10.1. The summed E-state index contributed by atoms with van der Waals surface area (Å²) >= 11 is 0. The van der Waals surface area contributed by atoms with Crippen LogP contribution in [-0.2, 0) is 18.2 Å². The molecule has 0 unspecified atom stereocenters. The molecule has 0 saturated carbocycles. The van der Waals surface area contributed by atoms with Crippen LogP contribution in [0.15, 0.2) is 48.8 Å². The Kier molecular flexibility index (Phi) is 5.99. The number of nitrogens with one attached hydrogen (secondary N) is 1. The van der Waals surface area contributed by atoms with Crippen LogP contribution in [0.3, 0.4) is 0 Å². The van der Waals surface area contributed by atoms with Gasteiger partial charge in [-0.05, 0) is 54.7 Å². The van der Waals surface area contributed by atoms with Crippen LogP contribution in [0.2, 0.25) is 0 Å². The topological polar surface area (TPSA) is 86.1 Å². The molecule has 1 aliphatic heterocycles. The van der Waals surface area contributed by atoms with E-state index in [4.69, 9.17) is 4.74 Å². The van der Waals surface area contributed by atoms with Gasteiger partial charge in [0.25, 0.3) is 5.91 Å². The molecule has 0 radical (unpaired) electrons. The summed E-state index contributed by atoms with van der Waals surface area (Å²) in [6, 6.07) is 11.4. The number of anilines is 1. The number of Topliss-reactive ketones (excluding diaryl/α,β-unsaturated/α-hetero) is 1. The number of hydrogen-bond acceptors (Lipinski definition) is 5. The smallest absolute Gasteiger partial charge is 0.255 e. The Balaban J connectivity index is 1.68. The van der Waals surface area contributed by atoms with Crippen LogP contribution in [0.5, 0.6) is 0 Å². The molecule has 0 aliphatic carbocycles. The Morgan fingerprint density at radius 1 is 1.00 bits per heavy atom. The zero-order valence-electron chi connectivity index (χ0n) is 16.9. The number of hydrogen-bond donors (Lipinski definition) is 1. The molecule has 4 bridgehead atoms. The van der Waals surface area contributed by atoms with E-state index in [9.17, 15) is 9.59 Å². The predicted octanol–water partition coefficient (Wildman–Crippen LogP) is 3.66. The molecule has 3 heterocycles. The zero-order chi connectivity index (χ0) is 20.9.